The minimum absolute atomic E-state index is 0.000995. The Kier molecular flexibility index (Phi) is 5.53. The third-order valence-electron chi connectivity index (χ3n) is 5.37. The fraction of sp³-hybridized carbons (Fsp3) is 0.130. The molecule has 1 N–H and O–H groups in total. The Balaban J connectivity index is 1.58. The number of hydrogen-bond acceptors (Lipinski definition) is 4. The molecule has 0 saturated heterocycles. The van der Waals surface area contributed by atoms with Gasteiger partial charge in [-0.05, 0) is 67.4 Å². The van der Waals surface area contributed by atoms with Gasteiger partial charge in [0, 0.05) is 11.9 Å². The molecule has 0 spiro atoms. The Morgan fingerprint density at radius 2 is 1.62 bits per heavy atom. The van der Waals surface area contributed by atoms with Gasteiger partial charge in [0.1, 0.15) is 0 Å². The zero-order valence-electron chi connectivity index (χ0n) is 17.4. The number of carbonyl (C=O) groups is 2. The summed E-state index contributed by atoms with van der Waals surface area (Å²) < 4.78 is 23.3. The fourth-order valence-corrected chi connectivity index (χ4v) is 4.59. The molecule has 1 aliphatic heterocycles. The topological polar surface area (TPSA) is 83.3 Å². The van der Waals surface area contributed by atoms with Gasteiger partial charge >= 0.3 is 0 Å². The van der Waals surface area contributed by atoms with E-state index in [0.29, 0.717) is 5.69 Å². The number of anilines is 3. The number of halogens is 2. The second-order valence-electron chi connectivity index (χ2n) is 7.58. The Bertz CT molecular complexity index is 1420. The molecule has 0 aromatic heterocycles. The highest BCUT2D eigenvalue weighted by Gasteiger charge is 2.38. The first-order valence-electron chi connectivity index (χ1n) is 9.54. The van der Waals surface area contributed by atoms with Crippen molar-refractivity contribution in [2.24, 2.45) is 0 Å². The molecule has 9 heteroatoms. The monoisotopic (exact) mass is 488 g/mol. The van der Waals surface area contributed by atoms with Gasteiger partial charge in [-0.1, -0.05) is 29.3 Å². The first kappa shape index (κ1) is 22.3. The van der Waals surface area contributed by atoms with E-state index in [9.17, 15) is 18.0 Å². The van der Waals surface area contributed by atoms with Crippen molar-refractivity contribution in [1.82, 2.24) is 0 Å². The van der Waals surface area contributed by atoms with Gasteiger partial charge in [0.2, 0.25) is 0 Å². The molecule has 1 heterocycles. The predicted molar refractivity (Wildman–Crippen MR) is 126 cm³/mol. The Morgan fingerprint density at radius 1 is 0.906 bits per heavy atom. The van der Waals surface area contributed by atoms with Gasteiger partial charge < -0.3 is 5.32 Å². The van der Waals surface area contributed by atoms with Crippen LogP contribution in [0.1, 0.15) is 31.8 Å². The summed E-state index contributed by atoms with van der Waals surface area (Å²) in [7, 11) is -3.45. The number of sulfone groups is 1. The highest BCUT2D eigenvalue weighted by molar-refractivity contribution is 7.90. The Morgan fingerprint density at radius 3 is 2.28 bits per heavy atom. The maximum atomic E-state index is 13.1. The zero-order chi connectivity index (χ0) is 23.4. The molecule has 6 nitrogen and oxygen atoms in total. The minimum Gasteiger partial charge on any atom is -0.322 e. The van der Waals surface area contributed by atoms with Crippen LogP contribution in [0, 0.1) is 13.8 Å². The first-order valence-corrected chi connectivity index (χ1v) is 12.2. The zero-order valence-corrected chi connectivity index (χ0v) is 19.7. The van der Waals surface area contributed by atoms with Crippen LogP contribution >= 0.6 is 23.2 Å². The Hall–Kier alpha value is -2.87. The van der Waals surface area contributed by atoms with Crippen LogP contribution in [-0.4, -0.2) is 26.5 Å². The largest absolute Gasteiger partial charge is 0.322 e. The molecule has 1 aliphatic rings. The van der Waals surface area contributed by atoms with Crippen LogP contribution in [0.2, 0.25) is 10.0 Å². The van der Waals surface area contributed by atoms with E-state index in [-0.39, 0.29) is 32.0 Å². The Labute approximate surface area is 195 Å². The lowest BCUT2D eigenvalue weighted by Crippen LogP contribution is -2.16. The number of aryl methyl sites for hydroxylation is 1. The molecule has 0 radical (unpaired) electrons. The second-order valence-corrected chi connectivity index (χ2v) is 10.4. The van der Waals surface area contributed by atoms with E-state index >= 15 is 0 Å². The molecule has 164 valence electrons. The summed E-state index contributed by atoms with van der Waals surface area (Å²) in [5.41, 5.74) is 4.53. The molecule has 4 rings (SSSR count). The van der Waals surface area contributed by atoms with Gasteiger partial charge in [-0.2, -0.15) is 0 Å². The van der Waals surface area contributed by atoms with Crippen LogP contribution in [-0.2, 0) is 9.84 Å². The van der Waals surface area contributed by atoms with E-state index in [0.717, 1.165) is 28.8 Å². The van der Waals surface area contributed by atoms with E-state index in [4.69, 9.17) is 23.2 Å². The van der Waals surface area contributed by atoms with Crippen molar-refractivity contribution in [2.75, 3.05) is 16.5 Å². The van der Waals surface area contributed by atoms with Crippen molar-refractivity contribution in [1.29, 1.82) is 0 Å². The van der Waals surface area contributed by atoms with Crippen LogP contribution in [0.5, 0.6) is 0 Å². The highest BCUT2D eigenvalue weighted by Crippen LogP contribution is 2.52. The summed E-state index contributed by atoms with van der Waals surface area (Å²) >= 11 is 12.4. The van der Waals surface area contributed by atoms with Crippen LogP contribution in [0.4, 0.5) is 17.1 Å². The lowest BCUT2D eigenvalue weighted by molar-refractivity contribution is 0.100. The molecule has 0 saturated carbocycles. The normalized spacial score (nSPS) is 12.3. The summed E-state index contributed by atoms with van der Waals surface area (Å²) in [5, 5.41) is 2.94. The van der Waals surface area contributed by atoms with Crippen molar-refractivity contribution < 1.29 is 18.0 Å². The molecule has 32 heavy (non-hydrogen) atoms. The molecular formula is C23H18Cl2N2O4S. The fourth-order valence-electron chi connectivity index (χ4n) is 3.41. The van der Waals surface area contributed by atoms with Gasteiger partial charge in [-0.3, -0.25) is 14.5 Å². The van der Waals surface area contributed by atoms with Gasteiger partial charge in [-0.25, -0.2) is 8.42 Å². The predicted octanol–water partition coefficient (Wildman–Crippen LogP) is 5.56. The standard InChI is InChI=1S/C23H18Cl2N2O4S/c1-12-4-9-20-21(13(12)2)27(20)23(29)17-10-14(5-8-18(17)24)26-22(28)16-7-6-15(11-19(16)25)32(3,30)31/h4-11H,1-3H3,(H,26,28). The number of benzene rings is 3. The van der Waals surface area contributed by atoms with E-state index in [1.165, 1.54) is 30.3 Å². The van der Waals surface area contributed by atoms with Crippen molar-refractivity contribution in [2.45, 2.75) is 18.7 Å². The maximum absolute atomic E-state index is 13.1. The summed E-state index contributed by atoms with van der Waals surface area (Å²) in [6, 6.07) is 12.3. The molecule has 2 amide bonds. The summed E-state index contributed by atoms with van der Waals surface area (Å²) in [4.78, 5) is 27.4. The lowest BCUT2D eigenvalue weighted by Gasteiger charge is -2.11. The molecule has 0 atom stereocenters. The average Bonchev–Trinajstić information content (AvgIpc) is 3.46. The van der Waals surface area contributed by atoms with Crippen molar-refractivity contribution >= 4 is 61.9 Å². The summed E-state index contributed by atoms with van der Waals surface area (Å²) in [6.07, 6.45) is 1.06. The van der Waals surface area contributed by atoms with Crippen LogP contribution < -0.4 is 10.2 Å². The van der Waals surface area contributed by atoms with E-state index < -0.39 is 15.7 Å². The molecule has 0 unspecified atom stereocenters. The number of carbonyl (C=O) groups excluding carboxylic acids is 2. The molecule has 0 bridgehead atoms. The van der Waals surface area contributed by atoms with Crippen LogP contribution in [0.25, 0.3) is 0 Å². The molecule has 3 aromatic carbocycles. The van der Waals surface area contributed by atoms with Gasteiger partial charge in [0.05, 0.1) is 37.4 Å². The molecule has 0 fully saturated rings. The first-order chi connectivity index (χ1) is 15.0. The van der Waals surface area contributed by atoms with Crippen LogP contribution in [0.3, 0.4) is 0 Å². The number of nitrogens with zero attached hydrogens (tertiary/aromatic N) is 1. The minimum atomic E-state index is -3.45. The molecule has 0 aliphatic carbocycles. The molecular weight excluding hydrogens is 471 g/mol. The third kappa shape index (κ3) is 3.99. The SMILES string of the molecule is Cc1ccc2c(c1C)N2C(=O)c1cc(NC(=O)c2ccc(S(C)(=O)=O)cc2Cl)ccc1Cl. The van der Waals surface area contributed by atoms with E-state index in [2.05, 4.69) is 5.32 Å². The lowest BCUT2D eigenvalue weighted by atomic mass is 10.1. The smallest absolute Gasteiger partial charge is 0.264 e. The number of fused-ring (bicyclic) bond motifs is 1. The number of amides is 2. The highest BCUT2D eigenvalue weighted by atomic mass is 35.5. The van der Waals surface area contributed by atoms with Crippen molar-refractivity contribution in [3.63, 3.8) is 0 Å². The van der Waals surface area contributed by atoms with Crippen molar-refractivity contribution in [3.05, 3.63) is 80.8 Å². The third-order valence-corrected chi connectivity index (χ3v) is 7.12. The molecule has 3 aromatic rings. The van der Waals surface area contributed by atoms with E-state index in [1.807, 2.05) is 26.0 Å². The quantitative estimate of drug-likeness (QED) is 0.487. The van der Waals surface area contributed by atoms with E-state index in [1.54, 1.807) is 11.0 Å². The number of rotatable bonds is 4. The van der Waals surface area contributed by atoms with Gasteiger partial charge in [0.25, 0.3) is 11.8 Å². The van der Waals surface area contributed by atoms with Crippen LogP contribution in [0.15, 0.2) is 53.4 Å². The average molecular weight is 489 g/mol. The number of nitrogens with one attached hydrogen (secondary N) is 1. The van der Waals surface area contributed by atoms with Gasteiger partial charge in [0.15, 0.2) is 9.84 Å². The maximum Gasteiger partial charge on any atom is 0.264 e. The second kappa shape index (κ2) is 7.92. The van der Waals surface area contributed by atoms with Crippen molar-refractivity contribution in [3.8, 4) is 0 Å². The number of hydrogen-bond donors (Lipinski definition) is 1. The summed E-state index contributed by atoms with van der Waals surface area (Å²) in [6.45, 7) is 3.94. The summed E-state index contributed by atoms with van der Waals surface area (Å²) in [5.74, 6) is -0.831. The van der Waals surface area contributed by atoms with Gasteiger partial charge in [-0.15, -0.1) is 0 Å².